The van der Waals surface area contributed by atoms with Gasteiger partial charge in [-0.1, -0.05) is 6.92 Å². The molecule has 1 N–H and O–H groups in total. The number of aromatic nitrogens is 3. The Bertz CT molecular complexity index is 1140. The lowest BCUT2D eigenvalue weighted by molar-refractivity contribution is -0.117. The fraction of sp³-hybridized carbons (Fsp3) is 0.455. The van der Waals surface area contributed by atoms with Gasteiger partial charge in [0.1, 0.15) is 11.6 Å². The molecule has 1 amide bonds. The molecule has 1 aromatic carbocycles. The van der Waals surface area contributed by atoms with Crippen LogP contribution in [0, 0.1) is 6.92 Å². The van der Waals surface area contributed by atoms with Gasteiger partial charge in [-0.25, -0.2) is 14.8 Å². The van der Waals surface area contributed by atoms with Crippen LogP contribution in [0.4, 0.5) is 11.5 Å². The number of anilines is 2. The van der Waals surface area contributed by atoms with Crippen molar-refractivity contribution in [3.8, 4) is 0 Å². The van der Waals surface area contributed by atoms with E-state index in [-0.39, 0.29) is 11.7 Å². The molecule has 0 aliphatic carbocycles. The van der Waals surface area contributed by atoms with Crippen molar-refractivity contribution >= 4 is 28.5 Å². The van der Waals surface area contributed by atoms with E-state index in [0.717, 1.165) is 55.5 Å². The standard InChI is InChI=1S/C22H28N6O3/c1-4-19-23-15(3)12-20(25-19)27-10-8-26(9-11-27)14-21(29)24-16-6-7-17-18(13-16)31-22(30)28(17)5-2/h6-7,12-13H,4-5,8-11,14H2,1-3H3,(H,24,29). The molecule has 2 aromatic heterocycles. The zero-order valence-corrected chi connectivity index (χ0v) is 18.2. The summed E-state index contributed by atoms with van der Waals surface area (Å²) in [5.74, 6) is 1.35. The molecule has 1 fully saturated rings. The van der Waals surface area contributed by atoms with Crippen LogP contribution in [-0.4, -0.2) is 58.1 Å². The molecule has 0 unspecified atom stereocenters. The third kappa shape index (κ3) is 4.61. The van der Waals surface area contributed by atoms with Crippen molar-refractivity contribution in [3.05, 3.63) is 46.3 Å². The van der Waals surface area contributed by atoms with Crippen molar-refractivity contribution in [2.45, 2.75) is 33.7 Å². The summed E-state index contributed by atoms with van der Waals surface area (Å²) in [7, 11) is 0. The van der Waals surface area contributed by atoms with E-state index in [9.17, 15) is 9.59 Å². The number of hydrogen-bond acceptors (Lipinski definition) is 7. The normalized spacial score (nSPS) is 14.9. The third-order valence-electron chi connectivity index (χ3n) is 5.53. The summed E-state index contributed by atoms with van der Waals surface area (Å²) in [5.41, 5.74) is 2.81. The fourth-order valence-electron chi connectivity index (χ4n) is 3.91. The van der Waals surface area contributed by atoms with Gasteiger partial charge in [0.05, 0.1) is 12.1 Å². The summed E-state index contributed by atoms with van der Waals surface area (Å²) in [4.78, 5) is 37.8. The number of rotatable bonds is 6. The number of aryl methyl sites for hydroxylation is 3. The van der Waals surface area contributed by atoms with E-state index in [2.05, 4.69) is 32.0 Å². The number of oxazole rings is 1. The van der Waals surface area contributed by atoms with E-state index in [1.807, 2.05) is 19.9 Å². The first-order valence-corrected chi connectivity index (χ1v) is 10.7. The molecular formula is C22H28N6O3. The van der Waals surface area contributed by atoms with Crippen molar-refractivity contribution in [1.82, 2.24) is 19.4 Å². The summed E-state index contributed by atoms with van der Waals surface area (Å²) in [6, 6.07) is 7.30. The predicted octanol–water partition coefficient (Wildman–Crippen LogP) is 2.04. The average molecular weight is 425 g/mol. The molecule has 0 radical (unpaired) electrons. The number of piperazine rings is 1. The average Bonchev–Trinajstić information content (AvgIpc) is 3.07. The van der Waals surface area contributed by atoms with Crippen LogP contribution in [0.15, 0.2) is 33.5 Å². The zero-order chi connectivity index (χ0) is 22.0. The first-order valence-electron chi connectivity index (χ1n) is 10.7. The Morgan fingerprint density at radius 3 is 2.61 bits per heavy atom. The van der Waals surface area contributed by atoms with Crippen LogP contribution in [-0.2, 0) is 17.8 Å². The van der Waals surface area contributed by atoms with E-state index in [1.54, 1.807) is 22.8 Å². The van der Waals surface area contributed by atoms with E-state index in [1.165, 1.54) is 0 Å². The van der Waals surface area contributed by atoms with Crippen LogP contribution in [0.3, 0.4) is 0 Å². The number of nitrogens with zero attached hydrogens (tertiary/aromatic N) is 5. The molecular weight excluding hydrogens is 396 g/mol. The Balaban J connectivity index is 1.33. The highest BCUT2D eigenvalue weighted by molar-refractivity contribution is 5.94. The lowest BCUT2D eigenvalue weighted by atomic mass is 10.2. The highest BCUT2D eigenvalue weighted by atomic mass is 16.4. The first kappa shape index (κ1) is 21.0. The molecule has 1 aliphatic heterocycles. The van der Waals surface area contributed by atoms with Crippen molar-refractivity contribution in [2.75, 3.05) is 42.9 Å². The van der Waals surface area contributed by atoms with Crippen LogP contribution in [0.1, 0.15) is 25.4 Å². The molecule has 0 spiro atoms. The summed E-state index contributed by atoms with van der Waals surface area (Å²) < 4.78 is 6.83. The van der Waals surface area contributed by atoms with Gasteiger partial charge in [0.2, 0.25) is 5.91 Å². The molecule has 9 nitrogen and oxygen atoms in total. The van der Waals surface area contributed by atoms with E-state index in [0.29, 0.717) is 24.4 Å². The van der Waals surface area contributed by atoms with Gasteiger partial charge < -0.3 is 14.6 Å². The summed E-state index contributed by atoms with van der Waals surface area (Å²) in [5, 5.41) is 2.91. The Labute approximate surface area is 180 Å². The van der Waals surface area contributed by atoms with Gasteiger partial charge in [0.15, 0.2) is 5.58 Å². The summed E-state index contributed by atoms with van der Waals surface area (Å²) in [6.45, 7) is 9.98. The monoisotopic (exact) mass is 424 g/mol. The number of carbonyl (C=O) groups is 1. The molecule has 9 heteroatoms. The van der Waals surface area contributed by atoms with Gasteiger partial charge in [0, 0.05) is 62.7 Å². The molecule has 3 aromatic rings. The Hall–Kier alpha value is -3.20. The number of carbonyl (C=O) groups excluding carboxylic acids is 1. The minimum atomic E-state index is -0.385. The van der Waals surface area contributed by atoms with Gasteiger partial charge in [-0.15, -0.1) is 0 Å². The minimum absolute atomic E-state index is 0.0868. The van der Waals surface area contributed by atoms with Crippen LogP contribution in [0.5, 0.6) is 0 Å². The molecule has 164 valence electrons. The minimum Gasteiger partial charge on any atom is -0.408 e. The molecule has 3 heterocycles. The SMILES string of the molecule is CCc1nc(C)cc(N2CCN(CC(=O)Nc3ccc4c(c3)oc(=O)n4CC)CC2)n1. The third-order valence-corrected chi connectivity index (χ3v) is 5.53. The number of fused-ring (bicyclic) bond motifs is 1. The fourth-order valence-corrected chi connectivity index (χ4v) is 3.91. The number of amides is 1. The van der Waals surface area contributed by atoms with E-state index in [4.69, 9.17) is 4.42 Å². The smallest absolute Gasteiger partial charge is 0.408 e. The largest absolute Gasteiger partial charge is 0.419 e. The van der Waals surface area contributed by atoms with E-state index >= 15 is 0 Å². The molecule has 1 aliphatic rings. The highest BCUT2D eigenvalue weighted by Crippen LogP contribution is 2.19. The maximum Gasteiger partial charge on any atom is 0.419 e. The Kier molecular flexibility index (Phi) is 6.03. The second kappa shape index (κ2) is 8.89. The lowest BCUT2D eigenvalue weighted by Gasteiger charge is -2.35. The molecule has 0 bridgehead atoms. The molecule has 1 saturated heterocycles. The van der Waals surface area contributed by atoms with Crippen molar-refractivity contribution in [2.24, 2.45) is 0 Å². The van der Waals surface area contributed by atoms with Crippen LogP contribution < -0.4 is 16.0 Å². The Morgan fingerprint density at radius 1 is 1.13 bits per heavy atom. The number of hydrogen-bond donors (Lipinski definition) is 1. The van der Waals surface area contributed by atoms with Crippen molar-refractivity contribution < 1.29 is 9.21 Å². The number of benzene rings is 1. The van der Waals surface area contributed by atoms with Crippen molar-refractivity contribution in [3.63, 3.8) is 0 Å². The van der Waals surface area contributed by atoms with Gasteiger partial charge in [0.25, 0.3) is 0 Å². The quantitative estimate of drug-likeness (QED) is 0.647. The van der Waals surface area contributed by atoms with Crippen LogP contribution in [0.2, 0.25) is 0 Å². The maximum absolute atomic E-state index is 12.5. The molecule has 31 heavy (non-hydrogen) atoms. The highest BCUT2D eigenvalue weighted by Gasteiger charge is 2.21. The predicted molar refractivity (Wildman–Crippen MR) is 120 cm³/mol. The maximum atomic E-state index is 12.5. The topological polar surface area (TPSA) is 96.5 Å². The Morgan fingerprint density at radius 2 is 1.90 bits per heavy atom. The van der Waals surface area contributed by atoms with Gasteiger partial charge in [-0.2, -0.15) is 0 Å². The molecule has 4 rings (SSSR count). The summed E-state index contributed by atoms with van der Waals surface area (Å²) >= 11 is 0. The van der Waals surface area contributed by atoms with Gasteiger partial charge >= 0.3 is 5.76 Å². The molecule has 0 saturated carbocycles. The second-order valence-corrected chi connectivity index (χ2v) is 7.74. The first-order chi connectivity index (χ1) is 15.0. The van der Waals surface area contributed by atoms with Crippen LogP contribution >= 0.6 is 0 Å². The zero-order valence-electron chi connectivity index (χ0n) is 18.2. The lowest BCUT2D eigenvalue weighted by Crippen LogP contribution is -2.49. The number of nitrogens with one attached hydrogen (secondary N) is 1. The molecule has 0 atom stereocenters. The van der Waals surface area contributed by atoms with Gasteiger partial charge in [-0.3, -0.25) is 14.3 Å². The summed E-state index contributed by atoms with van der Waals surface area (Å²) in [6.07, 6.45) is 0.813. The van der Waals surface area contributed by atoms with Crippen molar-refractivity contribution in [1.29, 1.82) is 0 Å². The second-order valence-electron chi connectivity index (χ2n) is 7.74. The van der Waals surface area contributed by atoms with Crippen LogP contribution in [0.25, 0.3) is 11.1 Å². The van der Waals surface area contributed by atoms with Gasteiger partial charge in [-0.05, 0) is 26.0 Å². The van der Waals surface area contributed by atoms with E-state index < -0.39 is 0 Å².